The Balaban J connectivity index is 4.25. The number of phosphoric acid groups is 1. The van der Waals surface area contributed by atoms with Crippen molar-refractivity contribution in [2.45, 2.75) is 219 Å². The van der Waals surface area contributed by atoms with Gasteiger partial charge in [0, 0.05) is 6.42 Å². The number of quaternary nitrogens is 1. The third-order valence-electron chi connectivity index (χ3n) is 10.2. The van der Waals surface area contributed by atoms with Gasteiger partial charge in [-0.2, -0.15) is 0 Å². The van der Waals surface area contributed by atoms with Crippen molar-refractivity contribution in [3.05, 3.63) is 24.3 Å². The zero-order chi connectivity index (χ0) is 40.0. The Bertz CT molecular complexity index is 938. The second-order valence-electron chi connectivity index (χ2n) is 16.8. The number of carbonyl (C=O) groups excluding carboxylic acids is 1. The van der Waals surface area contributed by atoms with E-state index in [0.29, 0.717) is 17.4 Å². The van der Waals surface area contributed by atoms with Gasteiger partial charge in [0.25, 0.3) is 0 Å². The molecule has 0 aromatic rings. The number of allylic oxidation sites excluding steroid dienone is 3. The van der Waals surface area contributed by atoms with Crippen LogP contribution in [0.4, 0.5) is 0 Å². The standard InChI is InChI=1S/C45H89N2O6P/c1-6-8-10-12-14-16-17-18-19-20-21-22-23-24-25-26-27-28-29-30-31-32-34-36-38-44(48)43(42-53-54(50,51)52-41-40-47(3,4)5)46-45(49)39-37-35-33-15-13-11-9-7-2/h30-31,36,38,43-44,48H,6-29,32-35,37,39-42H2,1-5H3,(H-,46,49,50,51)/p+1/b31-30+,38-36+. The largest absolute Gasteiger partial charge is 0.472 e. The molecule has 0 bridgehead atoms. The molecule has 0 radical (unpaired) electrons. The number of nitrogens with zero attached hydrogens (tertiary/aromatic N) is 1. The van der Waals surface area contributed by atoms with Gasteiger partial charge >= 0.3 is 7.82 Å². The molecule has 1 amide bonds. The Morgan fingerprint density at radius 1 is 0.611 bits per heavy atom. The highest BCUT2D eigenvalue weighted by Gasteiger charge is 2.27. The molecule has 0 aliphatic rings. The maximum Gasteiger partial charge on any atom is 0.472 e. The summed E-state index contributed by atoms with van der Waals surface area (Å²) in [6.07, 6.45) is 44.2. The van der Waals surface area contributed by atoms with E-state index >= 15 is 0 Å². The molecule has 3 N–H and O–H groups in total. The lowest BCUT2D eigenvalue weighted by atomic mass is 10.0. The van der Waals surface area contributed by atoms with Crippen LogP contribution in [0.3, 0.4) is 0 Å². The number of hydrogen-bond donors (Lipinski definition) is 3. The van der Waals surface area contributed by atoms with E-state index in [9.17, 15) is 19.4 Å². The molecule has 3 atom stereocenters. The van der Waals surface area contributed by atoms with Crippen molar-refractivity contribution < 1.29 is 32.9 Å². The molecule has 0 aromatic carbocycles. The van der Waals surface area contributed by atoms with Crippen molar-refractivity contribution in [1.82, 2.24) is 5.32 Å². The molecule has 0 heterocycles. The number of aliphatic hydroxyl groups is 1. The van der Waals surface area contributed by atoms with E-state index in [1.54, 1.807) is 6.08 Å². The fraction of sp³-hybridized carbons (Fsp3) is 0.889. The summed E-state index contributed by atoms with van der Waals surface area (Å²) in [4.78, 5) is 23.0. The van der Waals surface area contributed by atoms with Gasteiger partial charge in [0.1, 0.15) is 13.2 Å². The second kappa shape index (κ2) is 37.6. The summed E-state index contributed by atoms with van der Waals surface area (Å²) >= 11 is 0. The summed E-state index contributed by atoms with van der Waals surface area (Å²) in [5.74, 6) is -0.191. The summed E-state index contributed by atoms with van der Waals surface area (Å²) < 4.78 is 23.5. The fourth-order valence-electron chi connectivity index (χ4n) is 6.53. The molecule has 0 spiro atoms. The molecule has 0 rings (SSSR count). The van der Waals surface area contributed by atoms with Crippen LogP contribution in [-0.4, -0.2) is 73.4 Å². The molecule has 8 nitrogen and oxygen atoms in total. The van der Waals surface area contributed by atoms with Gasteiger partial charge in [0.2, 0.25) is 5.91 Å². The van der Waals surface area contributed by atoms with Crippen LogP contribution < -0.4 is 5.32 Å². The molecule has 0 saturated heterocycles. The fourth-order valence-corrected chi connectivity index (χ4v) is 7.26. The quantitative estimate of drug-likeness (QED) is 0.0247. The molecule has 54 heavy (non-hydrogen) atoms. The van der Waals surface area contributed by atoms with Crippen LogP contribution in [0.25, 0.3) is 0 Å². The summed E-state index contributed by atoms with van der Waals surface area (Å²) in [6.45, 7) is 4.76. The van der Waals surface area contributed by atoms with Crippen molar-refractivity contribution in [3.8, 4) is 0 Å². The van der Waals surface area contributed by atoms with Gasteiger partial charge in [-0.25, -0.2) is 4.57 Å². The first-order chi connectivity index (χ1) is 26.0. The average Bonchev–Trinajstić information content (AvgIpc) is 3.12. The van der Waals surface area contributed by atoms with Crippen molar-refractivity contribution in [2.75, 3.05) is 40.9 Å². The normalized spacial score (nSPS) is 14.6. The predicted molar refractivity (Wildman–Crippen MR) is 231 cm³/mol. The van der Waals surface area contributed by atoms with Gasteiger partial charge in [0.05, 0.1) is 39.9 Å². The molecule has 0 aliphatic heterocycles. The highest BCUT2D eigenvalue weighted by atomic mass is 31.2. The minimum Gasteiger partial charge on any atom is -0.387 e. The van der Waals surface area contributed by atoms with E-state index in [0.717, 1.165) is 38.5 Å². The van der Waals surface area contributed by atoms with Crippen LogP contribution in [0.1, 0.15) is 206 Å². The van der Waals surface area contributed by atoms with Crippen molar-refractivity contribution in [3.63, 3.8) is 0 Å². The Labute approximate surface area is 334 Å². The van der Waals surface area contributed by atoms with E-state index in [4.69, 9.17) is 9.05 Å². The summed E-state index contributed by atoms with van der Waals surface area (Å²) in [6, 6.07) is -0.856. The van der Waals surface area contributed by atoms with Crippen molar-refractivity contribution in [2.24, 2.45) is 0 Å². The molecule has 0 fully saturated rings. The number of phosphoric ester groups is 1. The molecule has 320 valence electrons. The van der Waals surface area contributed by atoms with E-state index in [2.05, 4.69) is 31.3 Å². The number of likely N-dealkylation sites (N-methyl/N-ethyl adjacent to an activating group) is 1. The molecule has 3 unspecified atom stereocenters. The Morgan fingerprint density at radius 3 is 1.48 bits per heavy atom. The highest BCUT2D eigenvalue weighted by molar-refractivity contribution is 7.47. The van der Waals surface area contributed by atoms with Gasteiger partial charge in [-0.05, 0) is 32.1 Å². The van der Waals surface area contributed by atoms with Gasteiger partial charge in [-0.1, -0.05) is 192 Å². The first-order valence-corrected chi connectivity index (χ1v) is 24.2. The average molecular weight is 786 g/mol. The molecule has 9 heteroatoms. The van der Waals surface area contributed by atoms with Crippen LogP contribution >= 0.6 is 7.82 Å². The minimum absolute atomic E-state index is 0.0578. The van der Waals surface area contributed by atoms with Crippen LogP contribution in [0.5, 0.6) is 0 Å². The topological polar surface area (TPSA) is 105 Å². The summed E-state index contributed by atoms with van der Waals surface area (Å²) in [7, 11) is 1.56. The van der Waals surface area contributed by atoms with E-state index in [1.165, 1.54) is 148 Å². The van der Waals surface area contributed by atoms with Crippen LogP contribution in [0.2, 0.25) is 0 Å². The maximum absolute atomic E-state index is 12.7. The lowest BCUT2D eigenvalue weighted by Gasteiger charge is -2.25. The van der Waals surface area contributed by atoms with Gasteiger partial charge < -0.3 is 19.8 Å². The molecular weight excluding hydrogens is 695 g/mol. The molecule has 0 aromatic heterocycles. The smallest absolute Gasteiger partial charge is 0.387 e. The Morgan fingerprint density at radius 2 is 1.02 bits per heavy atom. The van der Waals surface area contributed by atoms with Gasteiger partial charge in [0.15, 0.2) is 0 Å². The minimum atomic E-state index is -4.33. The first-order valence-electron chi connectivity index (χ1n) is 22.7. The lowest BCUT2D eigenvalue weighted by Crippen LogP contribution is -2.45. The lowest BCUT2D eigenvalue weighted by molar-refractivity contribution is -0.870. The number of nitrogens with one attached hydrogen (secondary N) is 1. The number of unbranched alkanes of at least 4 members (excludes halogenated alkanes) is 26. The SMILES string of the molecule is CCCCCCCCCCCCCCCCCCCC/C=C/CC/C=C/C(O)C(COP(=O)(O)OCC[N+](C)(C)C)NC(=O)CCCCCCCCCC. The van der Waals surface area contributed by atoms with E-state index in [1.807, 2.05) is 27.2 Å². The van der Waals surface area contributed by atoms with Crippen LogP contribution in [0.15, 0.2) is 24.3 Å². The molecular formula is C45H90N2O6P+. The molecule has 0 saturated carbocycles. The van der Waals surface area contributed by atoms with Crippen LogP contribution in [0, 0.1) is 0 Å². The maximum atomic E-state index is 12.7. The zero-order valence-corrected chi connectivity index (χ0v) is 37.1. The van der Waals surface area contributed by atoms with E-state index in [-0.39, 0.29) is 19.1 Å². The number of carbonyl (C=O) groups is 1. The highest BCUT2D eigenvalue weighted by Crippen LogP contribution is 2.43. The number of amides is 1. The number of aliphatic hydroxyl groups excluding tert-OH is 1. The first kappa shape index (κ1) is 53.0. The Hall–Kier alpha value is -1.02. The monoisotopic (exact) mass is 786 g/mol. The van der Waals surface area contributed by atoms with E-state index < -0.39 is 20.0 Å². The summed E-state index contributed by atoms with van der Waals surface area (Å²) in [5.41, 5.74) is 0. The third kappa shape index (κ3) is 39.2. The van der Waals surface area contributed by atoms with Crippen molar-refractivity contribution >= 4 is 13.7 Å². The Kier molecular flexibility index (Phi) is 36.8. The van der Waals surface area contributed by atoms with Crippen LogP contribution in [-0.2, 0) is 18.4 Å². The predicted octanol–water partition coefficient (Wildman–Crippen LogP) is 12.5. The summed E-state index contributed by atoms with van der Waals surface area (Å²) in [5, 5.41) is 13.7. The zero-order valence-electron chi connectivity index (χ0n) is 36.2. The van der Waals surface area contributed by atoms with Crippen molar-refractivity contribution in [1.29, 1.82) is 0 Å². The van der Waals surface area contributed by atoms with Gasteiger partial charge in [-0.15, -0.1) is 0 Å². The number of rotatable bonds is 41. The molecule has 0 aliphatic carbocycles. The van der Waals surface area contributed by atoms with Gasteiger partial charge in [-0.3, -0.25) is 13.8 Å². The third-order valence-corrected chi connectivity index (χ3v) is 11.2. The second-order valence-corrected chi connectivity index (χ2v) is 18.2. The number of hydrogen-bond acceptors (Lipinski definition) is 5.